The topological polar surface area (TPSA) is 75.4 Å². The first-order valence-corrected chi connectivity index (χ1v) is 8.76. The van der Waals surface area contributed by atoms with Crippen molar-refractivity contribution in [2.45, 2.75) is 40.0 Å². The van der Waals surface area contributed by atoms with Gasteiger partial charge in [0.05, 0.1) is 5.92 Å². The van der Waals surface area contributed by atoms with Gasteiger partial charge in [0.2, 0.25) is 5.91 Å². The van der Waals surface area contributed by atoms with Gasteiger partial charge >= 0.3 is 0 Å². The zero-order valence-electron chi connectivity index (χ0n) is 14.7. The van der Waals surface area contributed by atoms with Crippen molar-refractivity contribution in [3.63, 3.8) is 0 Å². The molecular formula is C17H26N6O. The summed E-state index contributed by atoms with van der Waals surface area (Å²) in [4.78, 5) is 14.6. The fraction of sp³-hybridized carbons (Fsp3) is 0.647. The maximum atomic E-state index is 12.4. The molecule has 1 amide bonds. The molecule has 0 unspecified atom stereocenters. The number of piperidine rings is 1. The molecule has 1 aliphatic heterocycles. The van der Waals surface area contributed by atoms with Crippen molar-refractivity contribution in [3.8, 4) is 0 Å². The van der Waals surface area contributed by atoms with Crippen molar-refractivity contribution in [1.29, 1.82) is 0 Å². The van der Waals surface area contributed by atoms with Gasteiger partial charge in [-0.1, -0.05) is 13.8 Å². The van der Waals surface area contributed by atoms with E-state index >= 15 is 0 Å². The van der Waals surface area contributed by atoms with Crippen molar-refractivity contribution in [2.24, 2.45) is 11.8 Å². The van der Waals surface area contributed by atoms with Crippen molar-refractivity contribution < 1.29 is 4.79 Å². The zero-order valence-corrected chi connectivity index (χ0v) is 14.7. The van der Waals surface area contributed by atoms with E-state index in [2.05, 4.69) is 39.4 Å². The van der Waals surface area contributed by atoms with E-state index in [1.165, 1.54) is 0 Å². The molecule has 0 radical (unpaired) electrons. The Bertz CT molecular complexity index is 710. The summed E-state index contributed by atoms with van der Waals surface area (Å²) < 4.78 is 1.75. The Balaban J connectivity index is 1.65. The normalized spacial score (nSPS) is 18.3. The highest BCUT2D eigenvalue weighted by Gasteiger charge is 2.26. The lowest BCUT2D eigenvalue weighted by molar-refractivity contribution is -0.125. The Hall–Kier alpha value is -2.18. The zero-order chi connectivity index (χ0) is 17.1. The monoisotopic (exact) mass is 330 g/mol. The van der Waals surface area contributed by atoms with Crippen LogP contribution in [0.3, 0.4) is 0 Å². The third-order valence-corrected chi connectivity index (χ3v) is 4.54. The summed E-state index contributed by atoms with van der Waals surface area (Å²) in [6.07, 6.45) is 2.97. The molecular weight excluding hydrogens is 304 g/mol. The lowest BCUT2D eigenvalue weighted by atomic mass is 9.97. The molecule has 0 aliphatic carbocycles. The molecule has 7 heteroatoms. The number of fused-ring (bicyclic) bond motifs is 1. The Morgan fingerprint density at radius 3 is 3.00 bits per heavy atom. The number of anilines is 1. The number of carbonyl (C=O) groups excluding carboxylic acids is 1. The van der Waals surface area contributed by atoms with E-state index in [-0.39, 0.29) is 11.8 Å². The number of nitrogens with zero attached hydrogens (tertiary/aromatic N) is 5. The number of amides is 1. The average molecular weight is 330 g/mol. The third kappa shape index (κ3) is 3.66. The first kappa shape index (κ1) is 16.7. The Morgan fingerprint density at radius 2 is 2.21 bits per heavy atom. The number of rotatable bonds is 5. The Labute approximate surface area is 142 Å². The molecule has 1 N–H and O–H groups in total. The molecule has 2 aromatic heterocycles. The second-order valence-corrected chi connectivity index (χ2v) is 6.97. The van der Waals surface area contributed by atoms with Crippen LogP contribution in [0.5, 0.6) is 0 Å². The van der Waals surface area contributed by atoms with Gasteiger partial charge in [-0.15, -0.1) is 15.3 Å². The first-order chi connectivity index (χ1) is 11.5. The molecule has 0 saturated carbocycles. The lowest BCUT2D eigenvalue weighted by Crippen LogP contribution is -2.43. The molecule has 1 atom stereocenters. The minimum Gasteiger partial charge on any atom is -0.356 e. The Morgan fingerprint density at radius 1 is 1.38 bits per heavy atom. The molecule has 0 spiro atoms. The molecule has 1 saturated heterocycles. The van der Waals surface area contributed by atoms with Crippen LogP contribution in [0.2, 0.25) is 0 Å². The summed E-state index contributed by atoms with van der Waals surface area (Å²) in [5.74, 6) is 2.46. The van der Waals surface area contributed by atoms with Gasteiger partial charge in [-0.25, -0.2) is 0 Å². The third-order valence-electron chi connectivity index (χ3n) is 4.54. The highest BCUT2D eigenvalue weighted by atomic mass is 16.1. The maximum absolute atomic E-state index is 12.4. The number of carbonyl (C=O) groups is 1. The van der Waals surface area contributed by atoms with E-state index in [9.17, 15) is 4.79 Å². The lowest BCUT2D eigenvalue weighted by Gasteiger charge is -2.32. The van der Waals surface area contributed by atoms with E-state index < -0.39 is 0 Å². The van der Waals surface area contributed by atoms with Crippen molar-refractivity contribution in [1.82, 2.24) is 25.1 Å². The summed E-state index contributed by atoms with van der Waals surface area (Å²) in [5, 5.41) is 15.8. The van der Waals surface area contributed by atoms with E-state index in [0.717, 1.165) is 49.6 Å². The quantitative estimate of drug-likeness (QED) is 0.905. The smallest absolute Gasteiger partial charge is 0.224 e. The van der Waals surface area contributed by atoms with E-state index in [4.69, 9.17) is 0 Å². The summed E-state index contributed by atoms with van der Waals surface area (Å²) in [6.45, 7) is 8.63. The second kappa shape index (κ2) is 7.15. The predicted octanol–water partition coefficient (Wildman–Crippen LogP) is 1.81. The van der Waals surface area contributed by atoms with Crippen LogP contribution in [-0.4, -0.2) is 45.4 Å². The van der Waals surface area contributed by atoms with E-state index in [1.807, 2.05) is 19.1 Å². The summed E-state index contributed by atoms with van der Waals surface area (Å²) in [7, 11) is 0. The Kier molecular flexibility index (Phi) is 4.97. The molecule has 7 nitrogen and oxygen atoms in total. The largest absolute Gasteiger partial charge is 0.356 e. The fourth-order valence-corrected chi connectivity index (χ4v) is 3.08. The number of hydrogen-bond donors (Lipinski definition) is 1. The van der Waals surface area contributed by atoms with Gasteiger partial charge in [-0.3, -0.25) is 4.79 Å². The van der Waals surface area contributed by atoms with Gasteiger partial charge < -0.3 is 10.2 Å². The van der Waals surface area contributed by atoms with Crippen LogP contribution >= 0.6 is 0 Å². The molecule has 1 fully saturated rings. The number of hydrogen-bond acceptors (Lipinski definition) is 5. The second-order valence-electron chi connectivity index (χ2n) is 6.97. The van der Waals surface area contributed by atoms with Crippen LogP contribution in [-0.2, 0) is 4.79 Å². The molecule has 0 aromatic carbocycles. The average Bonchev–Trinajstić information content (AvgIpc) is 2.95. The molecule has 0 bridgehead atoms. The van der Waals surface area contributed by atoms with E-state index in [1.54, 1.807) is 4.52 Å². The standard InChI is InChI=1S/C17H26N6O/c1-12(2)8-9-18-17(24)14-5-4-10-22(11-14)16-7-6-15-20-19-13(3)23(15)21-16/h6-7,12,14H,4-5,8-11H2,1-3H3,(H,18,24)/t14-/m0/s1. The number of nitrogens with one attached hydrogen (secondary N) is 1. The molecule has 3 heterocycles. The van der Waals surface area contributed by atoms with Gasteiger partial charge in [-0.2, -0.15) is 4.52 Å². The highest BCUT2D eigenvalue weighted by molar-refractivity contribution is 5.79. The molecule has 24 heavy (non-hydrogen) atoms. The molecule has 3 rings (SSSR count). The van der Waals surface area contributed by atoms with Crippen LogP contribution < -0.4 is 10.2 Å². The molecule has 2 aromatic rings. The molecule has 130 valence electrons. The van der Waals surface area contributed by atoms with E-state index in [0.29, 0.717) is 12.5 Å². The van der Waals surface area contributed by atoms with Crippen LogP contribution in [0.4, 0.5) is 5.82 Å². The van der Waals surface area contributed by atoms with Crippen LogP contribution in [0, 0.1) is 18.8 Å². The van der Waals surface area contributed by atoms with Gasteiger partial charge in [0.1, 0.15) is 5.82 Å². The summed E-state index contributed by atoms with van der Waals surface area (Å²) in [6, 6.07) is 3.89. The maximum Gasteiger partial charge on any atom is 0.224 e. The predicted molar refractivity (Wildman–Crippen MR) is 92.9 cm³/mol. The number of aromatic nitrogens is 4. The van der Waals surface area contributed by atoms with Crippen molar-refractivity contribution in [3.05, 3.63) is 18.0 Å². The minimum absolute atomic E-state index is 0.0328. The van der Waals surface area contributed by atoms with Crippen molar-refractivity contribution in [2.75, 3.05) is 24.5 Å². The van der Waals surface area contributed by atoms with Crippen LogP contribution in [0.25, 0.3) is 5.65 Å². The van der Waals surface area contributed by atoms with Crippen LogP contribution in [0.15, 0.2) is 12.1 Å². The molecule has 1 aliphatic rings. The van der Waals surface area contributed by atoms with Crippen LogP contribution in [0.1, 0.15) is 38.9 Å². The highest BCUT2D eigenvalue weighted by Crippen LogP contribution is 2.22. The summed E-state index contributed by atoms with van der Waals surface area (Å²) >= 11 is 0. The first-order valence-electron chi connectivity index (χ1n) is 8.76. The van der Waals surface area contributed by atoms with Gasteiger partial charge in [-0.05, 0) is 44.2 Å². The van der Waals surface area contributed by atoms with Crippen molar-refractivity contribution >= 4 is 17.4 Å². The SMILES string of the molecule is Cc1nnc2ccc(N3CCC[C@H](C(=O)NCCC(C)C)C3)nn12. The van der Waals surface area contributed by atoms with Gasteiger partial charge in [0.25, 0.3) is 0 Å². The fourth-order valence-electron chi connectivity index (χ4n) is 3.08. The van der Waals surface area contributed by atoms with Gasteiger partial charge in [0.15, 0.2) is 11.5 Å². The minimum atomic E-state index is 0.0328. The number of aryl methyl sites for hydroxylation is 1. The summed E-state index contributed by atoms with van der Waals surface area (Å²) in [5.41, 5.74) is 0.747. The van der Waals surface area contributed by atoms with Gasteiger partial charge in [0, 0.05) is 19.6 Å².